The molecule has 9 heteroatoms. The van der Waals surface area contributed by atoms with Crippen LogP contribution >= 0.6 is 0 Å². The molecule has 0 unspecified atom stereocenters. The minimum absolute atomic E-state index is 0.0879. The molecule has 0 N–H and O–H groups in total. The third-order valence-electron chi connectivity index (χ3n) is 4.57. The Balaban J connectivity index is 1.59. The summed E-state index contributed by atoms with van der Waals surface area (Å²) < 4.78 is 13.9. The van der Waals surface area contributed by atoms with E-state index in [9.17, 15) is 23.6 Å². The van der Waals surface area contributed by atoms with Gasteiger partial charge in [0.25, 0.3) is 0 Å². The summed E-state index contributed by atoms with van der Waals surface area (Å²) in [7, 11) is 0. The average molecular weight is 374 g/mol. The lowest BCUT2D eigenvalue weighted by atomic mass is 10.2. The van der Waals surface area contributed by atoms with Crippen LogP contribution in [0.1, 0.15) is 0 Å². The Kier molecular flexibility index (Phi) is 5.20. The molecule has 0 aromatic heterocycles. The largest absolute Gasteiger partial charge is 0.366 e. The minimum Gasteiger partial charge on any atom is -0.366 e. The van der Waals surface area contributed by atoms with Gasteiger partial charge in [0, 0.05) is 32.7 Å². The minimum atomic E-state index is -1.01. The van der Waals surface area contributed by atoms with Gasteiger partial charge in [0.05, 0.1) is 5.69 Å². The molecule has 0 saturated carbocycles. The maximum absolute atomic E-state index is 13.9. The highest BCUT2D eigenvalue weighted by Crippen LogP contribution is 2.20. The van der Waals surface area contributed by atoms with E-state index in [-0.39, 0.29) is 12.4 Å². The van der Waals surface area contributed by atoms with Crippen LogP contribution in [0, 0.1) is 5.82 Å². The van der Waals surface area contributed by atoms with E-state index in [1.165, 1.54) is 17.0 Å². The van der Waals surface area contributed by atoms with Crippen molar-refractivity contribution in [3.05, 3.63) is 42.7 Å². The van der Waals surface area contributed by atoms with Crippen LogP contribution in [0.2, 0.25) is 0 Å². The predicted octanol–water partition coefficient (Wildman–Crippen LogP) is 0.451. The lowest BCUT2D eigenvalue weighted by Crippen LogP contribution is -2.52. The number of carbonyl (C=O) groups excluding carboxylic acids is 4. The molecule has 27 heavy (non-hydrogen) atoms. The van der Waals surface area contributed by atoms with E-state index in [1.807, 2.05) is 4.90 Å². The van der Waals surface area contributed by atoms with Crippen LogP contribution in [0.5, 0.6) is 0 Å². The second-order valence-electron chi connectivity index (χ2n) is 6.20. The van der Waals surface area contributed by atoms with Gasteiger partial charge in [0.1, 0.15) is 12.4 Å². The fourth-order valence-electron chi connectivity index (χ4n) is 3.12. The summed E-state index contributed by atoms with van der Waals surface area (Å²) in [6.45, 7) is 4.36. The fraction of sp³-hybridized carbons (Fsp3) is 0.333. The highest BCUT2D eigenvalue weighted by molar-refractivity contribution is 6.45. The number of halogens is 1. The molecule has 1 aromatic rings. The maximum Gasteiger partial charge on any atom is 0.335 e. The molecule has 0 spiro atoms. The lowest BCUT2D eigenvalue weighted by Gasteiger charge is -2.36. The van der Waals surface area contributed by atoms with Gasteiger partial charge in [0.15, 0.2) is 0 Å². The number of hydrogen-bond donors (Lipinski definition) is 0. The van der Waals surface area contributed by atoms with Gasteiger partial charge in [-0.05, 0) is 12.1 Å². The fourth-order valence-corrected chi connectivity index (χ4v) is 3.12. The molecule has 3 rings (SSSR count). The molecule has 5 amide bonds. The van der Waals surface area contributed by atoms with Crippen LogP contribution in [0.15, 0.2) is 36.9 Å². The first kappa shape index (κ1) is 18.6. The molecule has 8 nitrogen and oxygen atoms in total. The monoisotopic (exact) mass is 374 g/mol. The summed E-state index contributed by atoms with van der Waals surface area (Å²) in [5.74, 6) is -2.73. The molecule has 2 heterocycles. The average Bonchev–Trinajstić information content (AvgIpc) is 2.87. The van der Waals surface area contributed by atoms with Crippen molar-refractivity contribution in [2.45, 2.75) is 0 Å². The Labute approximate surface area is 155 Å². The lowest BCUT2D eigenvalue weighted by molar-refractivity contribution is -0.144. The number of piperazine rings is 1. The molecular formula is C18H19FN4O4. The van der Waals surface area contributed by atoms with Crippen molar-refractivity contribution in [2.24, 2.45) is 0 Å². The van der Waals surface area contributed by atoms with Crippen LogP contribution in [-0.2, 0) is 14.4 Å². The number of para-hydroxylation sites is 1. The van der Waals surface area contributed by atoms with E-state index >= 15 is 0 Å². The van der Waals surface area contributed by atoms with Crippen molar-refractivity contribution in [3.8, 4) is 0 Å². The van der Waals surface area contributed by atoms with E-state index in [4.69, 9.17) is 0 Å². The van der Waals surface area contributed by atoms with Crippen molar-refractivity contribution in [3.63, 3.8) is 0 Å². The van der Waals surface area contributed by atoms with E-state index in [1.54, 1.807) is 18.2 Å². The van der Waals surface area contributed by atoms with Gasteiger partial charge >= 0.3 is 17.8 Å². The summed E-state index contributed by atoms with van der Waals surface area (Å²) in [5.41, 5.74) is 0.472. The van der Waals surface area contributed by atoms with Crippen LogP contribution in [0.25, 0.3) is 0 Å². The number of imide groups is 2. The zero-order valence-corrected chi connectivity index (χ0v) is 14.6. The molecule has 0 aliphatic carbocycles. The molecule has 2 fully saturated rings. The number of carbonyl (C=O) groups is 4. The zero-order valence-electron chi connectivity index (χ0n) is 14.6. The zero-order chi connectivity index (χ0) is 19.6. The molecule has 0 bridgehead atoms. The summed E-state index contributed by atoms with van der Waals surface area (Å²) in [5, 5.41) is 0. The number of urea groups is 1. The summed E-state index contributed by atoms with van der Waals surface area (Å²) >= 11 is 0. The SMILES string of the molecule is C=CCN1C(=O)C(=O)N(CC(=O)N2CCN(c3ccccc3F)CC2)C1=O. The summed E-state index contributed by atoms with van der Waals surface area (Å²) in [4.78, 5) is 53.1. The second-order valence-corrected chi connectivity index (χ2v) is 6.20. The van der Waals surface area contributed by atoms with E-state index in [0.717, 1.165) is 4.90 Å². The molecular weight excluding hydrogens is 355 g/mol. The normalized spacial score (nSPS) is 17.7. The molecule has 2 saturated heterocycles. The van der Waals surface area contributed by atoms with Crippen LogP contribution in [0.4, 0.5) is 14.9 Å². The van der Waals surface area contributed by atoms with Crippen LogP contribution in [0.3, 0.4) is 0 Å². The molecule has 0 atom stereocenters. The second kappa shape index (κ2) is 7.56. The van der Waals surface area contributed by atoms with Crippen molar-refractivity contribution in [1.29, 1.82) is 0 Å². The summed E-state index contributed by atoms with van der Waals surface area (Å²) in [6, 6.07) is 5.59. The van der Waals surface area contributed by atoms with Gasteiger partial charge in [-0.15, -0.1) is 6.58 Å². The Bertz CT molecular complexity index is 804. The number of rotatable bonds is 5. The Morgan fingerprint density at radius 2 is 1.67 bits per heavy atom. The molecule has 1 aromatic carbocycles. The number of anilines is 1. The van der Waals surface area contributed by atoms with Gasteiger partial charge in [-0.2, -0.15) is 0 Å². The van der Waals surface area contributed by atoms with Crippen molar-refractivity contribution < 1.29 is 23.6 Å². The Hall–Kier alpha value is -3.23. The molecule has 142 valence electrons. The number of benzene rings is 1. The molecule has 0 radical (unpaired) electrons. The number of amides is 5. The summed E-state index contributed by atoms with van der Waals surface area (Å²) in [6.07, 6.45) is 1.33. The van der Waals surface area contributed by atoms with Crippen LogP contribution in [-0.4, -0.2) is 77.7 Å². The standard InChI is InChI=1S/C18H19FN4O4/c1-2-7-22-16(25)17(26)23(18(22)27)12-15(24)21-10-8-20(9-11-21)14-6-4-3-5-13(14)19/h2-6H,1,7-12H2. The van der Waals surface area contributed by atoms with Crippen molar-refractivity contribution in [1.82, 2.24) is 14.7 Å². The van der Waals surface area contributed by atoms with Gasteiger partial charge < -0.3 is 9.80 Å². The van der Waals surface area contributed by atoms with E-state index in [0.29, 0.717) is 36.8 Å². The van der Waals surface area contributed by atoms with Crippen LogP contribution < -0.4 is 4.90 Å². The number of nitrogens with zero attached hydrogens (tertiary/aromatic N) is 4. The van der Waals surface area contributed by atoms with E-state index < -0.39 is 30.3 Å². The quantitative estimate of drug-likeness (QED) is 0.425. The van der Waals surface area contributed by atoms with Crippen molar-refractivity contribution in [2.75, 3.05) is 44.2 Å². The van der Waals surface area contributed by atoms with Gasteiger partial charge in [-0.25, -0.2) is 14.1 Å². The van der Waals surface area contributed by atoms with Crippen molar-refractivity contribution >= 4 is 29.4 Å². The highest BCUT2D eigenvalue weighted by atomic mass is 19.1. The Morgan fingerprint density at radius 1 is 1.04 bits per heavy atom. The Morgan fingerprint density at radius 3 is 2.30 bits per heavy atom. The first-order valence-electron chi connectivity index (χ1n) is 8.49. The third kappa shape index (κ3) is 3.53. The van der Waals surface area contributed by atoms with Gasteiger partial charge in [-0.3, -0.25) is 19.3 Å². The van der Waals surface area contributed by atoms with E-state index in [2.05, 4.69) is 6.58 Å². The molecule has 2 aliphatic rings. The number of hydrogen-bond acceptors (Lipinski definition) is 5. The highest BCUT2D eigenvalue weighted by Gasteiger charge is 2.45. The first-order chi connectivity index (χ1) is 12.9. The van der Waals surface area contributed by atoms with Gasteiger partial charge in [-0.1, -0.05) is 18.2 Å². The molecule has 2 aliphatic heterocycles. The smallest absolute Gasteiger partial charge is 0.335 e. The topological polar surface area (TPSA) is 81.2 Å². The third-order valence-corrected chi connectivity index (χ3v) is 4.57. The maximum atomic E-state index is 13.9. The van der Waals surface area contributed by atoms with Gasteiger partial charge in [0.2, 0.25) is 5.91 Å². The first-order valence-corrected chi connectivity index (χ1v) is 8.49. The predicted molar refractivity (Wildman–Crippen MR) is 94.2 cm³/mol.